The van der Waals surface area contributed by atoms with Crippen LogP contribution in [0, 0.1) is 50.6 Å². The van der Waals surface area contributed by atoms with Gasteiger partial charge < -0.3 is 26.1 Å². The van der Waals surface area contributed by atoms with Crippen molar-refractivity contribution in [2.24, 2.45) is 0 Å². The smallest absolute Gasteiger partial charge is 0.337 e. The predicted molar refractivity (Wildman–Crippen MR) is 476 cm³/mol. The van der Waals surface area contributed by atoms with Gasteiger partial charge in [0.25, 0.3) is 68.4 Å². The summed E-state index contributed by atoms with van der Waals surface area (Å²) < 4.78 is 9.83. The number of aromatic nitrogens is 2. The third kappa shape index (κ3) is 35.8. The van der Waals surface area contributed by atoms with E-state index in [0.29, 0.717) is 33.0 Å². The Morgan fingerprint density at radius 3 is 1.15 bits per heavy atom. The first kappa shape index (κ1) is 107. The number of nitro benzene ring substituents is 5. The Kier molecular flexibility index (Phi) is 51.7. The number of imide groups is 1. The normalized spacial score (nSPS) is 9.68. The molecule has 0 bridgehead atoms. The predicted octanol–water partition coefficient (Wildman–Crippen LogP) is 17.2. The van der Waals surface area contributed by atoms with Crippen LogP contribution in [-0.2, 0) is 9.59 Å². The number of nitrogen functional groups attached to an aromatic ring is 1. The van der Waals surface area contributed by atoms with Gasteiger partial charge in [0.1, 0.15) is 0 Å². The molecular weight excluding hydrogens is 1720 g/mol. The number of hydrogen-bond donors (Lipinski definition) is 5. The quantitative estimate of drug-likeness (QED) is 0.00936. The van der Waals surface area contributed by atoms with Gasteiger partial charge >= 0.3 is 120 Å². The molecular formula is C78H93ClN10O23P4Sn. The Hall–Kier alpha value is -11.9. The number of non-ortho nitro benzene ring substituents is 5. The van der Waals surface area contributed by atoms with E-state index in [9.17, 15) is 98.5 Å². The van der Waals surface area contributed by atoms with Gasteiger partial charge in [0.2, 0.25) is 0 Å². The molecule has 6 N–H and O–H groups in total. The van der Waals surface area contributed by atoms with E-state index in [0.717, 1.165) is 49.8 Å². The molecule has 8 aromatic rings. The number of fused-ring (bicyclic) bond motifs is 2. The van der Waals surface area contributed by atoms with Gasteiger partial charge in [-0.2, -0.15) is 0 Å². The van der Waals surface area contributed by atoms with Gasteiger partial charge in [-0.1, -0.05) is 90.4 Å². The van der Waals surface area contributed by atoms with Crippen molar-refractivity contribution in [3.63, 3.8) is 0 Å². The second-order valence-electron chi connectivity index (χ2n) is 22.9. The summed E-state index contributed by atoms with van der Waals surface area (Å²) in [6.45, 7) is 35.8. The number of nitrogens with one attached hydrogen (secondary N) is 1. The van der Waals surface area contributed by atoms with E-state index in [1.54, 1.807) is 37.6 Å². The molecule has 117 heavy (non-hydrogen) atoms. The van der Waals surface area contributed by atoms with Gasteiger partial charge in [0, 0.05) is 106 Å². The maximum atomic E-state index is 12.0. The number of carbonyl (C=O) groups excluding carboxylic acids is 3. The number of halogens is 1. The van der Waals surface area contributed by atoms with E-state index >= 15 is 0 Å². The first-order valence-corrected chi connectivity index (χ1v) is 45.1. The van der Waals surface area contributed by atoms with Crippen molar-refractivity contribution in [1.82, 2.24) is 18.4 Å². The molecule has 0 aliphatic rings. The summed E-state index contributed by atoms with van der Waals surface area (Å²) in [4.78, 5) is 161. The molecule has 624 valence electrons. The number of anilines is 1. The molecule has 0 aliphatic heterocycles. The molecule has 6 aromatic carbocycles. The topological polar surface area (TPSA) is 498 Å². The summed E-state index contributed by atoms with van der Waals surface area (Å²) in [5, 5.41) is 81.2. The maximum absolute atomic E-state index is 12.0. The number of carbonyl (C=O) groups is 6. The molecule has 0 spiro atoms. The number of aromatic carboxylic acids is 2. The number of benzene rings is 6. The van der Waals surface area contributed by atoms with Gasteiger partial charge in [-0.25, -0.2) is 14.4 Å². The zero-order valence-electron chi connectivity index (χ0n) is 65.1. The summed E-state index contributed by atoms with van der Waals surface area (Å²) >= 11 is 3.63. The monoisotopic (exact) mass is 1820 g/mol. The molecule has 4 unspecified atom stereocenters. The third-order valence-electron chi connectivity index (χ3n) is 15.5. The fraction of sp³-hybridized carbons (Fsp3) is 0.205. The Labute approximate surface area is 691 Å². The van der Waals surface area contributed by atoms with Gasteiger partial charge in [-0.15, -0.1) is 0 Å². The van der Waals surface area contributed by atoms with Crippen LogP contribution in [0.1, 0.15) is 145 Å². The first-order chi connectivity index (χ1) is 55.2. The van der Waals surface area contributed by atoms with Crippen molar-refractivity contribution in [2.75, 3.05) is 5.73 Å². The number of hydrogen-bond acceptors (Lipinski definition) is 21. The molecule has 2 heterocycles. The minimum absolute atomic E-state index is 0.00519. The summed E-state index contributed by atoms with van der Waals surface area (Å²) in [6, 6.07) is 28.7. The standard InChI is InChI=1S/C12H11N2O4P.C10H7N2O4P.C10H9N2O2P.C9H9N2O3P.C9H7NO4.C7H4ClNO4.3C4H9.C3H4O2.2C2H6.C2H3.Sn/c1-3-8-7-9(14(17)18)5-6-10(8)12(16)13(19)11(15)4-2;13-9-4-1-6-5-7(12(15)16)2-3-8(6)10(14)11(9)17;11-7-2-3-8-6(5-7)1-4-9(13)12(15)10(8)14;1-2-6-5-7(11(13)14)3-4-8(6)9(12)10-15;1-2-6-5-7(10(13)14)3-4-8(6)9(11)12;8-6-3-4(9(12)13)1-2-5(6)7(10)11;3*1-3-4-2;1-2-3(4)5;3*1-2;/h3-7H,1-2,19H2;1-5H,17H2;1-5H,11,15H2;2-5H,1,15H2,(H,10,12);2-5H,1H2,(H,11,12);1-3H,(H,10,11);3*1,3-4H2,2H3;2H,1H2,(H,4,5);2*1-2H3;1H,2H2;. The molecule has 8 rings (SSSR count). The number of nitro groups is 5. The maximum Gasteiger partial charge on any atom is 0.337 e. The Morgan fingerprint density at radius 1 is 0.496 bits per heavy atom. The average Bonchev–Trinajstić information content (AvgIpc) is 1.79. The van der Waals surface area contributed by atoms with Crippen LogP contribution in [0.2, 0.25) is 18.3 Å². The second-order valence-corrected chi connectivity index (χ2v) is 38.4. The second kappa shape index (κ2) is 56.4. The van der Waals surface area contributed by atoms with Crippen LogP contribution < -0.4 is 33.1 Å². The van der Waals surface area contributed by atoms with Crippen molar-refractivity contribution in [2.45, 2.75) is 100 Å². The average molecular weight is 1820 g/mol. The van der Waals surface area contributed by atoms with E-state index in [4.69, 9.17) is 32.7 Å². The van der Waals surface area contributed by atoms with E-state index in [-0.39, 0.29) is 83.7 Å². The van der Waals surface area contributed by atoms with Crippen LogP contribution in [0.15, 0.2) is 208 Å². The SMILES string of the molecule is C=CC(=O)N(P)C(=O)c1ccc([N+](=O)[O-])cc1C=C.C=CC(=O)O.C=Cc1cc([N+](=O)[O-])ccc1C(=O)NP.C=Cc1cc([N+](=O)[O-])ccc1C(=O)O.C=[CH][Sn]([CH2]CCC)([CH2]CCC)[CH2]CCC.CC.CC.Nc1ccc2c(=O)n(P)c(=O)ccc2c1.O=C(O)c1ccc([N+](=O)[O-])cc1Cl.O=c1ccc2cc([N+](=O)[O-])ccc2c(=O)n1P. The van der Waals surface area contributed by atoms with Crippen LogP contribution in [-0.4, -0.2) is 107 Å². The summed E-state index contributed by atoms with van der Waals surface area (Å²) in [6.07, 6.45) is 14.3. The largest absolute Gasteiger partial charge is 0.478 e. The van der Waals surface area contributed by atoms with Crippen molar-refractivity contribution in [3.05, 3.63) is 325 Å². The minimum atomic E-state index is -1.85. The van der Waals surface area contributed by atoms with Crippen molar-refractivity contribution >= 4 is 177 Å². The van der Waals surface area contributed by atoms with Crippen LogP contribution in [0.25, 0.3) is 39.8 Å². The molecule has 39 heteroatoms. The molecule has 0 fully saturated rings. The van der Waals surface area contributed by atoms with Crippen molar-refractivity contribution in [1.29, 1.82) is 0 Å². The Bertz CT molecular complexity index is 5200. The molecule has 3 amide bonds. The molecule has 0 aliphatic carbocycles. The van der Waals surface area contributed by atoms with Gasteiger partial charge in [-0.3, -0.25) is 97.5 Å². The van der Waals surface area contributed by atoms with Crippen molar-refractivity contribution < 1.29 is 68.7 Å². The number of aliphatic carboxylic acids is 1. The summed E-state index contributed by atoms with van der Waals surface area (Å²) in [5.74, 6) is -4.85. The Morgan fingerprint density at radius 2 is 0.821 bits per heavy atom. The van der Waals surface area contributed by atoms with E-state index in [1.165, 1.54) is 142 Å². The minimum Gasteiger partial charge on any atom is -0.478 e. The molecule has 2 aromatic heterocycles. The molecule has 33 nitrogen and oxygen atoms in total. The molecule has 0 saturated heterocycles. The first-order valence-electron chi connectivity index (χ1n) is 34.9. The zero-order valence-corrected chi connectivity index (χ0v) is 73.4. The van der Waals surface area contributed by atoms with E-state index in [2.05, 4.69) is 88.2 Å². The number of rotatable bonds is 24. The number of carboxylic acid groups (broad SMARTS) is 3. The van der Waals surface area contributed by atoms with Crippen LogP contribution in [0.4, 0.5) is 34.1 Å². The number of unbranched alkanes of at least 4 members (excludes halogenated alkanes) is 3. The van der Waals surface area contributed by atoms with Crippen LogP contribution >= 0.6 is 49.2 Å². The molecule has 0 saturated carbocycles. The molecule has 4 atom stereocenters. The summed E-state index contributed by atoms with van der Waals surface area (Å²) in [5.41, 5.74) is 5.07. The number of nitrogens with two attached hydrogens (primary N) is 1. The fourth-order valence-corrected chi connectivity index (χ4v) is 23.5. The van der Waals surface area contributed by atoms with E-state index in [1.807, 2.05) is 46.5 Å². The number of nitrogens with zero attached hydrogens (tertiary/aromatic N) is 8. The van der Waals surface area contributed by atoms with Gasteiger partial charge in [0.05, 0.1) is 40.8 Å². The molecule has 0 radical (unpaired) electrons. The van der Waals surface area contributed by atoms with Crippen LogP contribution in [0.5, 0.6) is 0 Å². The van der Waals surface area contributed by atoms with Crippen LogP contribution in [0.3, 0.4) is 0 Å². The number of amides is 3. The number of carboxylic acids is 3. The van der Waals surface area contributed by atoms with Gasteiger partial charge in [0.15, 0.2) is 0 Å². The van der Waals surface area contributed by atoms with E-state index < -0.39 is 83.8 Å². The summed E-state index contributed by atoms with van der Waals surface area (Å²) in [7, 11) is 8.17. The van der Waals surface area contributed by atoms with Crippen molar-refractivity contribution in [3.8, 4) is 0 Å². The zero-order chi connectivity index (χ0) is 90.2. The Balaban J connectivity index is 0. The van der Waals surface area contributed by atoms with Gasteiger partial charge in [-0.05, 0) is 132 Å². The fourth-order valence-electron chi connectivity index (χ4n) is 9.41. The third-order valence-corrected chi connectivity index (χ3v) is 31.5.